The van der Waals surface area contributed by atoms with Crippen LogP contribution in [0.3, 0.4) is 0 Å². The summed E-state index contributed by atoms with van der Waals surface area (Å²) >= 11 is 0. The zero-order valence-corrected chi connectivity index (χ0v) is 23.2. The highest BCUT2D eigenvalue weighted by molar-refractivity contribution is 7.80. The molecule has 6 rings (SSSR count). The van der Waals surface area contributed by atoms with E-state index in [4.69, 9.17) is 9.73 Å². The molecule has 0 N–H and O–H groups in total. The number of ether oxygens (including phenoxy) is 1. The third kappa shape index (κ3) is 4.71. The summed E-state index contributed by atoms with van der Waals surface area (Å²) in [5.41, 5.74) is 2.61. The van der Waals surface area contributed by atoms with Gasteiger partial charge in [-0.25, -0.2) is 4.99 Å². The smallest absolute Gasteiger partial charge is 0.218 e. The average molecular weight is 526 g/mol. The van der Waals surface area contributed by atoms with E-state index in [0.717, 1.165) is 22.6 Å². The van der Waals surface area contributed by atoms with Crippen molar-refractivity contribution in [3.63, 3.8) is 0 Å². The van der Waals surface area contributed by atoms with Crippen molar-refractivity contribution in [2.24, 2.45) is 10.9 Å². The molecule has 2 nitrogen and oxygen atoms in total. The molecule has 0 spiro atoms. The first-order chi connectivity index (χ1) is 19.2. The first-order valence-electron chi connectivity index (χ1n) is 13.6. The van der Waals surface area contributed by atoms with Gasteiger partial charge in [0.05, 0.1) is 0 Å². The third-order valence-corrected chi connectivity index (χ3v) is 9.87. The zero-order chi connectivity index (χ0) is 26.7. The quantitative estimate of drug-likeness (QED) is 0.206. The zero-order valence-electron chi connectivity index (χ0n) is 22.3. The Morgan fingerprint density at radius 3 is 1.51 bits per heavy atom. The van der Waals surface area contributed by atoms with E-state index in [1.807, 2.05) is 0 Å². The van der Waals surface area contributed by atoms with E-state index < -0.39 is 13.5 Å². The Morgan fingerprint density at radius 1 is 0.590 bits per heavy atom. The van der Waals surface area contributed by atoms with Crippen molar-refractivity contribution in [1.82, 2.24) is 0 Å². The van der Waals surface area contributed by atoms with Crippen LogP contribution in [0.25, 0.3) is 0 Å². The number of hydrogen-bond donors (Lipinski definition) is 0. The van der Waals surface area contributed by atoms with Gasteiger partial charge in [0, 0.05) is 16.7 Å². The Morgan fingerprint density at radius 2 is 1.03 bits per heavy atom. The van der Waals surface area contributed by atoms with E-state index in [9.17, 15) is 0 Å². The predicted octanol–water partition coefficient (Wildman–Crippen LogP) is 7.19. The normalized spacial score (nSPS) is 16.2. The second-order valence-corrected chi connectivity index (χ2v) is 12.4. The summed E-state index contributed by atoms with van der Waals surface area (Å²) in [7, 11) is -0.813. The molecule has 0 radical (unpaired) electrons. The van der Waals surface area contributed by atoms with Gasteiger partial charge in [0.2, 0.25) is 5.90 Å². The molecule has 3 heteroatoms. The number of benzene rings is 5. The standard InChI is InChI=1S/C36H32NOP/c1-27(2)34-36(28-17-7-3-8-18-28,29-19-9-4-10-20-29)38-35(37-34)32-25-15-16-26-33(32)39(30-21-11-5-12-22-30)31-23-13-6-14-24-31/h3-27,34H,1-2H3/t34-/m1/s1. The topological polar surface area (TPSA) is 21.6 Å². The Kier molecular flexibility index (Phi) is 7.14. The monoisotopic (exact) mass is 525 g/mol. The largest absolute Gasteiger partial charge is 0.459 e. The second kappa shape index (κ2) is 11.0. The Balaban J connectivity index is 1.54. The van der Waals surface area contributed by atoms with Gasteiger partial charge in [0.15, 0.2) is 5.60 Å². The Bertz CT molecular complexity index is 1470. The Hall–Kier alpha value is -4.00. The molecule has 0 amide bonds. The fourth-order valence-electron chi connectivity index (χ4n) is 5.63. The summed E-state index contributed by atoms with van der Waals surface area (Å²) in [6, 6.07) is 51.4. The first-order valence-corrected chi connectivity index (χ1v) is 14.9. The van der Waals surface area contributed by atoms with Crippen molar-refractivity contribution < 1.29 is 4.74 Å². The van der Waals surface area contributed by atoms with Crippen LogP contribution in [0.5, 0.6) is 0 Å². The summed E-state index contributed by atoms with van der Waals surface area (Å²) in [6.07, 6.45) is 0. The molecule has 0 aromatic heterocycles. The molecular weight excluding hydrogens is 493 g/mol. The summed E-state index contributed by atoms with van der Waals surface area (Å²) in [6.45, 7) is 4.49. The lowest BCUT2D eigenvalue weighted by atomic mass is 9.76. The molecule has 1 atom stereocenters. The van der Waals surface area contributed by atoms with E-state index in [0.29, 0.717) is 0 Å². The van der Waals surface area contributed by atoms with Gasteiger partial charge in [-0.15, -0.1) is 0 Å². The van der Waals surface area contributed by atoms with Crippen molar-refractivity contribution in [1.29, 1.82) is 0 Å². The van der Waals surface area contributed by atoms with Crippen LogP contribution >= 0.6 is 7.92 Å². The molecule has 5 aromatic carbocycles. The molecule has 1 aliphatic heterocycles. The third-order valence-electron chi connectivity index (χ3n) is 7.37. The number of nitrogens with zero attached hydrogens (tertiary/aromatic N) is 1. The van der Waals surface area contributed by atoms with Crippen molar-refractivity contribution in [2.75, 3.05) is 0 Å². The molecule has 0 aliphatic carbocycles. The lowest BCUT2D eigenvalue weighted by Crippen LogP contribution is -2.41. The molecular formula is C36H32NOP. The molecule has 0 saturated carbocycles. The number of aliphatic imine (C=N–C) groups is 1. The van der Waals surface area contributed by atoms with Crippen LogP contribution in [0, 0.1) is 5.92 Å². The summed E-state index contributed by atoms with van der Waals surface area (Å²) < 4.78 is 7.20. The predicted molar refractivity (Wildman–Crippen MR) is 165 cm³/mol. The molecule has 5 aromatic rings. The molecule has 1 heterocycles. The Labute approximate surface area is 232 Å². The van der Waals surface area contributed by atoms with E-state index in [1.165, 1.54) is 15.9 Å². The van der Waals surface area contributed by atoms with Crippen LogP contribution < -0.4 is 15.9 Å². The number of hydrogen-bond acceptors (Lipinski definition) is 2. The second-order valence-electron chi connectivity index (χ2n) is 10.2. The fraction of sp³-hybridized carbons (Fsp3) is 0.139. The molecule has 0 saturated heterocycles. The van der Waals surface area contributed by atoms with Gasteiger partial charge in [-0.2, -0.15) is 0 Å². The fourth-order valence-corrected chi connectivity index (χ4v) is 8.07. The SMILES string of the molecule is CC(C)[C@H]1N=C(c2ccccc2P(c2ccccc2)c2ccccc2)OC1(c1ccccc1)c1ccccc1. The molecule has 1 aliphatic rings. The van der Waals surface area contributed by atoms with E-state index in [1.54, 1.807) is 0 Å². The maximum Gasteiger partial charge on any atom is 0.218 e. The lowest BCUT2D eigenvalue weighted by Gasteiger charge is -2.36. The van der Waals surface area contributed by atoms with E-state index in [2.05, 4.69) is 159 Å². The lowest BCUT2D eigenvalue weighted by molar-refractivity contribution is 0.0816. The van der Waals surface area contributed by atoms with Gasteiger partial charge in [-0.3, -0.25) is 0 Å². The van der Waals surface area contributed by atoms with Crippen molar-refractivity contribution in [3.8, 4) is 0 Å². The van der Waals surface area contributed by atoms with Crippen molar-refractivity contribution >= 4 is 29.7 Å². The van der Waals surface area contributed by atoms with Gasteiger partial charge in [0.25, 0.3) is 0 Å². The molecule has 39 heavy (non-hydrogen) atoms. The minimum atomic E-state index is -0.813. The number of rotatable bonds is 7. The van der Waals surface area contributed by atoms with Gasteiger partial charge >= 0.3 is 0 Å². The summed E-state index contributed by atoms with van der Waals surface area (Å²) in [5, 5.41) is 3.87. The van der Waals surface area contributed by atoms with Crippen molar-refractivity contribution in [2.45, 2.75) is 25.5 Å². The molecule has 0 unspecified atom stereocenters. The minimum Gasteiger partial charge on any atom is -0.459 e. The van der Waals surface area contributed by atoms with Crippen LogP contribution in [0.15, 0.2) is 151 Å². The van der Waals surface area contributed by atoms with E-state index in [-0.39, 0.29) is 12.0 Å². The average Bonchev–Trinajstić information content (AvgIpc) is 3.42. The van der Waals surface area contributed by atoms with Gasteiger partial charge in [-0.1, -0.05) is 153 Å². The van der Waals surface area contributed by atoms with Crippen LogP contribution in [-0.2, 0) is 10.3 Å². The van der Waals surface area contributed by atoms with Crippen LogP contribution in [-0.4, -0.2) is 11.9 Å². The summed E-state index contributed by atoms with van der Waals surface area (Å²) in [5.74, 6) is 0.983. The van der Waals surface area contributed by atoms with Gasteiger partial charge in [-0.05, 0) is 35.8 Å². The van der Waals surface area contributed by atoms with E-state index >= 15 is 0 Å². The molecule has 0 bridgehead atoms. The van der Waals surface area contributed by atoms with Crippen LogP contribution in [0.1, 0.15) is 30.5 Å². The highest BCUT2D eigenvalue weighted by Gasteiger charge is 2.51. The van der Waals surface area contributed by atoms with Crippen LogP contribution in [0.4, 0.5) is 0 Å². The van der Waals surface area contributed by atoms with Gasteiger partial charge in [0.1, 0.15) is 6.04 Å². The maximum atomic E-state index is 7.20. The minimum absolute atomic E-state index is 0.0787. The highest BCUT2D eigenvalue weighted by Crippen LogP contribution is 2.46. The first kappa shape index (κ1) is 25.3. The maximum absolute atomic E-state index is 7.20. The molecule has 0 fully saturated rings. The highest BCUT2D eigenvalue weighted by atomic mass is 31.1. The molecule has 192 valence electrons. The van der Waals surface area contributed by atoms with Crippen LogP contribution in [0.2, 0.25) is 0 Å². The van der Waals surface area contributed by atoms with Crippen molar-refractivity contribution in [3.05, 3.63) is 162 Å². The summed E-state index contributed by atoms with van der Waals surface area (Å²) in [4.78, 5) is 5.40. The van der Waals surface area contributed by atoms with Gasteiger partial charge < -0.3 is 4.74 Å².